The normalized spacial score (nSPS) is 10.2. The molecule has 2 aromatic rings. The number of para-hydroxylation sites is 1. The lowest BCUT2D eigenvalue weighted by atomic mass is 10.1. The molecule has 0 bridgehead atoms. The molecule has 1 aromatic heterocycles. The van der Waals surface area contributed by atoms with Gasteiger partial charge in [0.1, 0.15) is 10.4 Å². The van der Waals surface area contributed by atoms with Crippen molar-refractivity contribution in [2.24, 2.45) is 0 Å². The second-order valence-corrected chi connectivity index (χ2v) is 5.15. The van der Waals surface area contributed by atoms with Gasteiger partial charge in [-0.05, 0) is 34.1 Å². The van der Waals surface area contributed by atoms with E-state index >= 15 is 0 Å². The van der Waals surface area contributed by atoms with Gasteiger partial charge >= 0.3 is 0 Å². The number of aromatic nitrogens is 1. The predicted molar refractivity (Wildman–Crippen MR) is 80.7 cm³/mol. The van der Waals surface area contributed by atoms with E-state index in [1.165, 1.54) is 0 Å². The van der Waals surface area contributed by atoms with Crippen LogP contribution in [0.4, 0.5) is 0 Å². The number of ether oxygens (including phenoxy) is 1. The van der Waals surface area contributed by atoms with Crippen LogP contribution < -0.4 is 4.74 Å². The van der Waals surface area contributed by atoms with Crippen molar-refractivity contribution in [1.29, 1.82) is 0 Å². The third kappa shape index (κ3) is 3.36. The number of hydrogen-bond donors (Lipinski definition) is 0. The molecule has 5 heteroatoms. The lowest BCUT2D eigenvalue weighted by molar-refractivity contribution is 0.0784. The fraction of sp³-hybridized carbons (Fsp3) is 0.200. The maximum absolute atomic E-state index is 12.3. The zero-order valence-electron chi connectivity index (χ0n) is 11.3. The van der Waals surface area contributed by atoms with Crippen LogP contribution in [0.3, 0.4) is 0 Å². The molecule has 0 radical (unpaired) electrons. The highest BCUT2D eigenvalue weighted by atomic mass is 79.9. The maximum Gasteiger partial charge on any atom is 0.254 e. The molecule has 104 valence electrons. The van der Waals surface area contributed by atoms with Crippen LogP contribution in [-0.2, 0) is 6.54 Å². The first kappa shape index (κ1) is 14.5. The summed E-state index contributed by atoms with van der Waals surface area (Å²) < 4.78 is 5.94. The second-order valence-electron chi connectivity index (χ2n) is 4.34. The molecule has 0 spiro atoms. The Morgan fingerprint density at radius 2 is 2.10 bits per heavy atom. The van der Waals surface area contributed by atoms with E-state index in [1.807, 2.05) is 24.3 Å². The Balaban J connectivity index is 2.15. The second kappa shape index (κ2) is 6.52. The van der Waals surface area contributed by atoms with Gasteiger partial charge in [0.25, 0.3) is 5.91 Å². The van der Waals surface area contributed by atoms with Crippen LogP contribution in [0.15, 0.2) is 47.2 Å². The Hall–Kier alpha value is -1.88. The van der Waals surface area contributed by atoms with Gasteiger partial charge in [-0.15, -0.1) is 0 Å². The number of nitrogens with zero attached hydrogens (tertiary/aromatic N) is 2. The summed E-state index contributed by atoms with van der Waals surface area (Å²) in [4.78, 5) is 18.0. The summed E-state index contributed by atoms with van der Waals surface area (Å²) in [6.45, 7) is 0.489. The Kier molecular flexibility index (Phi) is 4.74. The van der Waals surface area contributed by atoms with E-state index in [4.69, 9.17) is 4.74 Å². The van der Waals surface area contributed by atoms with Gasteiger partial charge in [-0.2, -0.15) is 0 Å². The number of hydrogen-bond acceptors (Lipinski definition) is 3. The van der Waals surface area contributed by atoms with Crippen molar-refractivity contribution in [2.45, 2.75) is 6.54 Å². The highest BCUT2D eigenvalue weighted by Gasteiger charge is 2.14. The van der Waals surface area contributed by atoms with Crippen molar-refractivity contribution in [2.75, 3.05) is 14.2 Å². The van der Waals surface area contributed by atoms with E-state index in [-0.39, 0.29) is 5.91 Å². The fourth-order valence-electron chi connectivity index (χ4n) is 1.92. The maximum atomic E-state index is 12.3. The third-order valence-corrected chi connectivity index (χ3v) is 3.35. The van der Waals surface area contributed by atoms with Gasteiger partial charge in [0.2, 0.25) is 0 Å². The summed E-state index contributed by atoms with van der Waals surface area (Å²) in [5, 5.41) is 0. The summed E-state index contributed by atoms with van der Waals surface area (Å²) in [5.41, 5.74) is 1.57. The molecule has 1 amide bonds. The molecule has 20 heavy (non-hydrogen) atoms. The van der Waals surface area contributed by atoms with E-state index in [2.05, 4.69) is 20.9 Å². The molecule has 1 aromatic carbocycles. The highest BCUT2D eigenvalue weighted by Crippen LogP contribution is 2.19. The minimum Gasteiger partial charge on any atom is -0.496 e. The highest BCUT2D eigenvalue weighted by molar-refractivity contribution is 9.10. The number of methoxy groups -OCH3 is 1. The molecule has 0 N–H and O–H groups in total. The topological polar surface area (TPSA) is 42.4 Å². The molecule has 2 rings (SSSR count). The zero-order valence-corrected chi connectivity index (χ0v) is 12.9. The number of pyridine rings is 1. The molecule has 0 fully saturated rings. The molecule has 0 aliphatic heterocycles. The van der Waals surface area contributed by atoms with Crippen LogP contribution in [0.1, 0.15) is 15.9 Å². The molecule has 1 heterocycles. The van der Waals surface area contributed by atoms with Gasteiger partial charge in [-0.3, -0.25) is 4.79 Å². The molecule has 0 saturated heterocycles. The average Bonchev–Trinajstić information content (AvgIpc) is 2.47. The SMILES string of the molecule is COc1ccccc1CN(C)C(=O)c1ccnc(Br)c1. The quantitative estimate of drug-likeness (QED) is 0.807. The van der Waals surface area contributed by atoms with Crippen molar-refractivity contribution in [3.63, 3.8) is 0 Å². The van der Waals surface area contributed by atoms with Crippen LogP contribution in [0.5, 0.6) is 5.75 Å². The number of rotatable bonds is 4. The first-order valence-corrected chi connectivity index (χ1v) is 6.90. The monoisotopic (exact) mass is 334 g/mol. The number of benzene rings is 1. The summed E-state index contributed by atoms with van der Waals surface area (Å²) in [5.74, 6) is 0.724. The number of amides is 1. The third-order valence-electron chi connectivity index (χ3n) is 2.92. The molecular formula is C15H15BrN2O2. The van der Waals surface area contributed by atoms with Gasteiger partial charge < -0.3 is 9.64 Å². The van der Waals surface area contributed by atoms with Gasteiger partial charge in [0.15, 0.2) is 0 Å². The van der Waals surface area contributed by atoms with Crippen molar-refractivity contribution in [1.82, 2.24) is 9.88 Å². The molecule has 0 atom stereocenters. The molecule has 0 saturated carbocycles. The number of carbonyl (C=O) groups excluding carboxylic acids is 1. The van der Waals surface area contributed by atoms with E-state index in [0.717, 1.165) is 11.3 Å². The van der Waals surface area contributed by atoms with Crippen LogP contribution in [0.25, 0.3) is 0 Å². The smallest absolute Gasteiger partial charge is 0.254 e. The van der Waals surface area contributed by atoms with Gasteiger partial charge in [-0.1, -0.05) is 18.2 Å². The van der Waals surface area contributed by atoms with Gasteiger partial charge in [0.05, 0.1) is 7.11 Å². The van der Waals surface area contributed by atoms with Crippen molar-refractivity contribution in [3.05, 3.63) is 58.3 Å². The summed E-state index contributed by atoms with van der Waals surface area (Å²) in [7, 11) is 3.39. The zero-order chi connectivity index (χ0) is 14.5. The van der Waals surface area contributed by atoms with E-state index < -0.39 is 0 Å². The largest absolute Gasteiger partial charge is 0.496 e. The Labute approximate surface area is 126 Å². The Bertz CT molecular complexity index is 616. The average molecular weight is 335 g/mol. The van der Waals surface area contributed by atoms with E-state index in [9.17, 15) is 4.79 Å². The molecule has 0 aliphatic carbocycles. The summed E-state index contributed by atoms with van der Waals surface area (Å²) in [6, 6.07) is 11.1. The van der Waals surface area contributed by atoms with Gasteiger partial charge in [0, 0.05) is 30.9 Å². The molecule has 4 nitrogen and oxygen atoms in total. The van der Waals surface area contributed by atoms with Crippen molar-refractivity contribution < 1.29 is 9.53 Å². The number of halogens is 1. The summed E-state index contributed by atoms with van der Waals surface area (Å²) >= 11 is 3.27. The lowest BCUT2D eigenvalue weighted by Crippen LogP contribution is -2.26. The lowest BCUT2D eigenvalue weighted by Gasteiger charge is -2.19. The molecule has 0 aliphatic rings. The van der Waals surface area contributed by atoms with E-state index in [0.29, 0.717) is 16.7 Å². The summed E-state index contributed by atoms with van der Waals surface area (Å²) in [6.07, 6.45) is 1.61. The minimum atomic E-state index is -0.0565. The van der Waals surface area contributed by atoms with Gasteiger partial charge in [-0.25, -0.2) is 4.98 Å². The molecule has 0 unspecified atom stereocenters. The van der Waals surface area contributed by atoms with Crippen molar-refractivity contribution in [3.8, 4) is 5.75 Å². The Morgan fingerprint density at radius 3 is 2.80 bits per heavy atom. The minimum absolute atomic E-state index is 0.0565. The van der Waals surface area contributed by atoms with Crippen LogP contribution in [0, 0.1) is 0 Å². The first-order chi connectivity index (χ1) is 9.61. The van der Waals surface area contributed by atoms with Crippen LogP contribution >= 0.6 is 15.9 Å². The first-order valence-electron chi connectivity index (χ1n) is 6.10. The Morgan fingerprint density at radius 1 is 1.35 bits per heavy atom. The standard InChI is InChI=1S/C15H15BrN2O2/c1-18(10-12-5-3-4-6-13(12)20-2)15(19)11-7-8-17-14(16)9-11/h3-9H,10H2,1-2H3. The number of carbonyl (C=O) groups is 1. The predicted octanol–water partition coefficient (Wildman–Crippen LogP) is 3.12. The van der Waals surface area contributed by atoms with Crippen molar-refractivity contribution >= 4 is 21.8 Å². The molecular weight excluding hydrogens is 320 g/mol. The fourth-order valence-corrected chi connectivity index (χ4v) is 2.28. The van der Waals surface area contributed by atoms with E-state index in [1.54, 1.807) is 37.4 Å². The van der Waals surface area contributed by atoms with Crippen LogP contribution in [0.2, 0.25) is 0 Å². The van der Waals surface area contributed by atoms with Crippen LogP contribution in [-0.4, -0.2) is 29.9 Å².